The van der Waals surface area contributed by atoms with Crippen molar-refractivity contribution in [1.29, 1.82) is 5.05 Å². The Morgan fingerprint density at radius 3 is 2.57 bits per heavy atom. The SMILES string of the molecule is CCCCC[SiH]=N. The third-order valence-electron chi connectivity index (χ3n) is 0.952. The van der Waals surface area contributed by atoms with Gasteiger partial charge in [-0.05, 0) is 6.04 Å². The Labute approximate surface area is 47.5 Å². The molecule has 0 aromatic carbocycles. The van der Waals surface area contributed by atoms with Gasteiger partial charge in [-0.1, -0.05) is 26.2 Å². The van der Waals surface area contributed by atoms with Gasteiger partial charge in [0.25, 0.3) is 0 Å². The van der Waals surface area contributed by atoms with Crippen LogP contribution in [0.4, 0.5) is 0 Å². The average molecular weight is 115 g/mol. The third-order valence-corrected chi connectivity index (χ3v) is 1.65. The van der Waals surface area contributed by atoms with Crippen molar-refractivity contribution in [2.24, 2.45) is 0 Å². The van der Waals surface area contributed by atoms with Gasteiger partial charge in [0.1, 0.15) is 9.31 Å². The molecule has 0 unspecified atom stereocenters. The lowest BCUT2D eigenvalue weighted by Gasteiger charge is -1.86. The Hall–Kier alpha value is 0.0169. The largest absolute Gasteiger partial charge is 0.355 e. The highest BCUT2D eigenvalue weighted by Gasteiger charge is 1.78. The summed E-state index contributed by atoms with van der Waals surface area (Å²) in [5, 5.41) is 6.86. The smallest absolute Gasteiger partial charge is 0.100 e. The first kappa shape index (κ1) is 7.02. The van der Waals surface area contributed by atoms with Crippen molar-refractivity contribution in [2.45, 2.75) is 32.2 Å². The first-order valence-corrected chi connectivity index (χ1v) is 4.30. The predicted molar refractivity (Wildman–Crippen MR) is 34.2 cm³/mol. The van der Waals surface area contributed by atoms with Crippen LogP contribution in [-0.4, -0.2) is 9.31 Å². The normalized spacial score (nSPS) is 8.71. The molecule has 0 radical (unpaired) electrons. The van der Waals surface area contributed by atoms with E-state index in [1.54, 1.807) is 0 Å². The van der Waals surface area contributed by atoms with E-state index in [0.29, 0.717) is 0 Å². The van der Waals surface area contributed by atoms with Crippen LogP contribution in [0.15, 0.2) is 0 Å². The van der Waals surface area contributed by atoms with Crippen LogP contribution < -0.4 is 0 Å². The molecule has 0 rings (SSSR count). The molecule has 0 aromatic rings. The minimum atomic E-state index is 0.0306. The van der Waals surface area contributed by atoms with E-state index >= 15 is 0 Å². The molecular weight excluding hydrogens is 102 g/mol. The second-order valence-corrected chi connectivity index (χ2v) is 2.69. The van der Waals surface area contributed by atoms with Crippen molar-refractivity contribution < 1.29 is 0 Å². The summed E-state index contributed by atoms with van der Waals surface area (Å²) in [6.07, 6.45) is 3.90. The van der Waals surface area contributed by atoms with Crippen molar-refractivity contribution >= 4 is 9.31 Å². The van der Waals surface area contributed by atoms with Gasteiger partial charge in [-0.25, -0.2) is 0 Å². The lowest BCUT2D eigenvalue weighted by atomic mass is 10.3. The molecule has 0 spiro atoms. The number of hydrogen-bond acceptors (Lipinski definition) is 1. The molecule has 1 nitrogen and oxygen atoms in total. The fraction of sp³-hybridized carbons (Fsp3) is 1.00. The standard InChI is InChI=1S/C5H13NSi/c1-2-3-4-5-7-6/h6-7H,2-5H2,1H3. The summed E-state index contributed by atoms with van der Waals surface area (Å²) in [5.74, 6) is 0. The van der Waals surface area contributed by atoms with Crippen molar-refractivity contribution in [3.05, 3.63) is 0 Å². The Balaban J connectivity index is 2.56. The fourth-order valence-corrected chi connectivity index (χ4v) is 0.989. The van der Waals surface area contributed by atoms with Gasteiger partial charge < -0.3 is 5.05 Å². The lowest BCUT2D eigenvalue weighted by molar-refractivity contribution is 0.769. The predicted octanol–water partition coefficient (Wildman–Crippen LogP) is 1.79. The number of hydrogen-bond donors (Lipinski definition) is 1. The zero-order valence-electron chi connectivity index (χ0n) is 4.91. The maximum Gasteiger partial charge on any atom is 0.100 e. The maximum absolute atomic E-state index is 6.86. The molecule has 0 heterocycles. The van der Waals surface area contributed by atoms with Gasteiger partial charge in [0.15, 0.2) is 0 Å². The highest BCUT2D eigenvalue weighted by atomic mass is 28.2. The second kappa shape index (κ2) is 6.02. The molecule has 0 aliphatic heterocycles. The van der Waals surface area contributed by atoms with E-state index < -0.39 is 0 Å². The summed E-state index contributed by atoms with van der Waals surface area (Å²) in [7, 11) is 0.0306. The van der Waals surface area contributed by atoms with Crippen LogP contribution in [0.25, 0.3) is 0 Å². The molecule has 2 heteroatoms. The number of rotatable bonds is 4. The van der Waals surface area contributed by atoms with Crippen molar-refractivity contribution in [3.8, 4) is 0 Å². The molecule has 0 aliphatic rings. The fourth-order valence-electron chi connectivity index (χ4n) is 0.496. The molecule has 1 N–H and O–H groups in total. The molecule has 0 saturated heterocycles. The van der Waals surface area contributed by atoms with Gasteiger partial charge in [0.05, 0.1) is 0 Å². The van der Waals surface area contributed by atoms with E-state index in [4.69, 9.17) is 5.05 Å². The second-order valence-electron chi connectivity index (χ2n) is 1.70. The van der Waals surface area contributed by atoms with Gasteiger partial charge in [-0.3, -0.25) is 0 Å². The topological polar surface area (TPSA) is 23.9 Å². The number of nitrogens with one attached hydrogen (secondary N) is 1. The van der Waals surface area contributed by atoms with Gasteiger partial charge in [0.2, 0.25) is 0 Å². The van der Waals surface area contributed by atoms with Gasteiger partial charge >= 0.3 is 0 Å². The van der Waals surface area contributed by atoms with E-state index in [2.05, 4.69) is 6.92 Å². The van der Waals surface area contributed by atoms with E-state index in [9.17, 15) is 0 Å². The van der Waals surface area contributed by atoms with Crippen LogP contribution in [0.1, 0.15) is 26.2 Å². The van der Waals surface area contributed by atoms with Gasteiger partial charge in [0, 0.05) is 0 Å². The Kier molecular flexibility index (Phi) is 6.03. The minimum Gasteiger partial charge on any atom is -0.355 e. The Morgan fingerprint density at radius 1 is 1.43 bits per heavy atom. The van der Waals surface area contributed by atoms with Crippen molar-refractivity contribution in [3.63, 3.8) is 0 Å². The summed E-state index contributed by atoms with van der Waals surface area (Å²) in [4.78, 5) is 0. The van der Waals surface area contributed by atoms with Gasteiger partial charge in [-0.2, -0.15) is 0 Å². The highest BCUT2D eigenvalue weighted by molar-refractivity contribution is 6.18. The Bertz CT molecular complexity index is 45.3. The van der Waals surface area contributed by atoms with Crippen LogP contribution in [0.5, 0.6) is 0 Å². The molecular formula is C5H13NSi. The summed E-state index contributed by atoms with van der Waals surface area (Å²) in [6, 6.07) is 1.17. The quantitative estimate of drug-likeness (QED) is 0.427. The first-order chi connectivity index (χ1) is 3.41. The highest BCUT2D eigenvalue weighted by Crippen LogP contribution is 1.95. The van der Waals surface area contributed by atoms with E-state index in [1.807, 2.05) is 0 Å². The molecule has 0 fully saturated rings. The summed E-state index contributed by atoms with van der Waals surface area (Å²) >= 11 is 0. The maximum atomic E-state index is 6.86. The zero-order chi connectivity index (χ0) is 5.54. The third kappa shape index (κ3) is 6.02. The van der Waals surface area contributed by atoms with Crippen LogP contribution in [-0.2, 0) is 0 Å². The number of unbranched alkanes of at least 4 members (excludes halogenated alkanes) is 2. The molecule has 0 aromatic heterocycles. The van der Waals surface area contributed by atoms with Crippen LogP contribution in [0.3, 0.4) is 0 Å². The summed E-state index contributed by atoms with van der Waals surface area (Å²) in [6.45, 7) is 2.19. The summed E-state index contributed by atoms with van der Waals surface area (Å²) < 4.78 is 0. The van der Waals surface area contributed by atoms with E-state index in [1.165, 1.54) is 25.3 Å². The first-order valence-electron chi connectivity index (χ1n) is 2.90. The van der Waals surface area contributed by atoms with Crippen molar-refractivity contribution in [2.75, 3.05) is 0 Å². The zero-order valence-corrected chi connectivity index (χ0v) is 6.06. The lowest BCUT2D eigenvalue weighted by Crippen LogP contribution is -1.73. The Morgan fingerprint density at radius 2 is 2.14 bits per heavy atom. The molecule has 0 aliphatic carbocycles. The van der Waals surface area contributed by atoms with Gasteiger partial charge in [-0.15, -0.1) is 0 Å². The molecule has 0 saturated carbocycles. The minimum absolute atomic E-state index is 0.0306. The average Bonchev–Trinajstić information content (AvgIpc) is 1.69. The van der Waals surface area contributed by atoms with Crippen molar-refractivity contribution in [1.82, 2.24) is 0 Å². The van der Waals surface area contributed by atoms with Crippen LogP contribution in [0, 0.1) is 5.05 Å². The molecule has 0 bridgehead atoms. The van der Waals surface area contributed by atoms with E-state index in [-0.39, 0.29) is 9.31 Å². The molecule has 42 valence electrons. The monoisotopic (exact) mass is 115 g/mol. The molecule has 7 heavy (non-hydrogen) atoms. The molecule has 0 atom stereocenters. The van der Waals surface area contributed by atoms with Crippen LogP contribution >= 0.6 is 0 Å². The summed E-state index contributed by atoms with van der Waals surface area (Å²) in [5.41, 5.74) is 0. The van der Waals surface area contributed by atoms with Crippen LogP contribution in [0.2, 0.25) is 6.04 Å². The van der Waals surface area contributed by atoms with E-state index in [0.717, 1.165) is 0 Å². The molecule has 0 amide bonds.